The molecule has 224 valence electrons. The number of ether oxygens (including phenoxy) is 2. The lowest BCUT2D eigenvalue weighted by Gasteiger charge is -2.34. The minimum absolute atomic E-state index is 0.0209. The zero-order valence-corrected chi connectivity index (χ0v) is 24.5. The van der Waals surface area contributed by atoms with Crippen LogP contribution in [0.1, 0.15) is 91.2 Å². The number of hydrogen-bond donors (Lipinski definition) is 3. The lowest BCUT2D eigenvalue weighted by Crippen LogP contribution is -2.53. The van der Waals surface area contributed by atoms with Crippen LogP contribution in [0.4, 0.5) is 4.79 Å². The highest BCUT2D eigenvalue weighted by Crippen LogP contribution is 2.24. The number of nitrogens with zero attached hydrogens (tertiary/aromatic N) is 1. The van der Waals surface area contributed by atoms with Crippen molar-refractivity contribution < 1.29 is 33.4 Å². The van der Waals surface area contributed by atoms with Gasteiger partial charge in [0.05, 0.1) is 13.0 Å². The van der Waals surface area contributed by atoms with Crippen LogP contribution in [0.5, 0.6) is 0 Å². The van der Waals surface area contributed by atoms with Crippen LogP contribution in [0.2, 0.25) is 0 Å². The fourth-order valence-corrected chi connectivity index (χ4v) is 4.00. The van der Waals surface area contributed by atoms with E-state index < -0.39 is 47.5 Å². The number of carbonyl (C=O) groups excluding carboxylic acids is 5. The number of nitrogens with one attached hydrogen (secondary N) is 2. The Morgan fingerprint density at radius 3 is 2.23 bits per heavy atom. The van der Waals surface area contributed by atoms with Gasteiger partial charge in [-0.2, -0.15) is 0 Å². The van der Waals surface area contributed by atoms with Gasteiger partial charge >= 0.3 is 12.1 Å². The van der Waals surface area contributed by atoms with E-state index in [1.807, 2.05) is 0 Å². The molecule has 11 heteroatoms. The minimum atomic E-state index is -1.16. The molecule has 0 bridgehead atoms. The van der Waals surface area contributed by atoms with Gasteiger partial charge < -0.3 is 30.7 Å². The molecule has 0 aromatic heterocycles. The van der Waals surface area contributed by atoms with Gasteiger partial charge in [-0.05, 0) is 46.1 Å². The fourth-order valence-electron chi connectivity index (χ4n) is 4.00. The molecule has 0 aliphatic carbocycles. The number of benzene rings is 1. The average Bonchev–Trinajstić information content (AvgIpc) is 2.87. The summed E-state index contributed by atoms with van der Waals surface area (Å²) >= 11 is 0. The Bertz CT molecular complexity index is 963. The molecule has 0 radical (unpaired) electrons. The molecule has 0 aliphatic heterocycles. The Hall–Kier alpha value is -3.63. The van der Waals surface area contributed by atoms with E-state index in [1.165, 1.54) is 4.90 Å². The molecule has 0 saturated carbocycles. The first-order valence-electron chi connectivity index (χ1n) is 14.0. The van der Waals surface area contributed by atoms with E-state index in [1.54, 1.807) is 58.0 Å². The Kier molecular flexibility index (Phi) is 15.4. The Labute approximate surface area is 237 Å². The van der Waals surface area contributed by atoms with Crippen molar-refractivity contribution in [2.75, 3.05) is 19.7 Å². The highest BCUT2D eigenvalue weighted by Gasteiger charge is 2.36. The van der Waals surface area contributed by atoms with Crippen LogP contribution in [0.3, 0.4) is 0 Å². The predicted molar refractivity (Wildman–Crippen MR) is 151 cm³/mol. The summed E-state index contributed by atoms with van der Waals surface area (Å²) < 4.78 is 10.3. The molecule has 0 aliphatic rings. The van der Waals surface area contributed by atoms with Crippen molar-refractivity contribution in [3.8, 4) is 0 Å². The molecule has 2 atom stereocenters. The van der Waals surface area contributed by atoms with E-state index in [0.717, 1.165) is 19.3 Å². The van der Waals surface area contributed by atoms with E-state index in [0.29, 0.717) is 12.0 Å². The third-order valence-corrected chi connectivity index (χ3v) is 5.81. The van der Waals surface area contributed by atoms with Gasteiger partial charge in [-0.1, -0.05) is 56.5 Å². The van der Waals surface area contributed by atoms with Gasteiger partial charge in [0.2, 0.25) is 17.7 Å². The second kappa shape index (κ2) is 17.9. The van der Waals surface area contributed by atoms with Crippen molar-refractivity contribution in [3.05, 3.63) is 35.9 Å². The Morgan fingerprint density at radius 1 is 0.975 bits per heavy atom. The van der Waals surface area contributed by atoms with Crippen molar-refractivity contribution in [2.24, 2.45) is 5.73 Å². The first-order valence-corrected chi connectivity index (χ1v) is 14.0. The maximum absolute atomic E-state index is 14.1. The second-order valence-corrected chi connectivity index (χ2v) is 10.5. The van der Waals surface area contributed by atoms with E-state index in [4.69, 9.17) is 15.2 Å². The summed E-state index contributed by atoms with van der Waals surface area (Å²) in [6, 6.07) is 6.59. The smallest absolute Gasteiger partial charge is 0.408 e. The largest absolute Gasteiger partial charge is 0.466 e. The van der Waals surface area contributed by atoms with Crippen LogP contribution in [-0.4, -0.2) is 66.0 Å². The van der Waals surface area contributed by atoms with Crippen LogP contribution >= 0.6 is 0 Å². The second-order valence-electron chi connectivity index (χ2n) is 10.5. The van der Waals surface area contributed by atoms with Gasteiger partial charge in [-0.15, -0.1) is 0 Å². The SMILES string of the molecule is CCCCCCN(C(=O)C(CCC(N)=O)NC(=O)OC(C)(C)C)C(C(=O)NCCC(=O)OCC)c1ccccc1. The summed E-state index contributed by atoms with van der Waals surface area (Å²) in [4.78, 5) is 65.1. The van der Waals surface area contributed by atoms with Crippen molar-refractivity contribution in [3.63, 3.8) is 0 Å². The number of unbranched alkanes of at least 4 members (excludes halogenated alkanes) is 3. The number of esters is 1. The molecule has 0 heterocycles. The number of primary amides is 1. The molecule has 4 N–H and O–H groups in total. The summed E-state index contributed by atoms with van der Waals surface area (Å²) in [5, 5.41) is 5.32. The van der Waals surface area contributed by atoms with Crippen LogP contribution in [0.15, 0.2) is 30.3 Å². The van der Waals surface area contributed by atoms with Crippen LogP contribution in [0, 0.1) is 0 Å². The van der Waals surface area contributed by atoms with E-state index in [-0.39, 0.29) is 39.0 Å². The van der Waals surface area contributed by atoms with E-state index in [2.05, 4.69) is 17.6 Å². The van der Waals surface area contributed by atoms with Gasteiger partial charge in [-0.25, -0.2) is 4.79 Å². The number of carbonyl (C=O) groups is 5. The molecule has 1 aromatic carbocycles. The van der Waals surface area contributed by atoms with Crippen molar-refractivity contribution >= 4 is 29.8 Å². The maximum Gasteiger partial charge on any atom is 0.408 e. The summed E-state index contributed by atoms with van der Waals surface area (Å²) in [5.41, 5.74) is 5.10. The van der Waals surface area contributed by atoms with Gasteiger partial charge in [0.1, 0.15) is 17.7 Å². The molecular weight excluding hydrogens is 516 g/mol. The third kappa shape index (κ3) is 13.4. The van der Waals surface area contributed by atoms with Gasteiger partial charge in [-0.3, -0.25) is 19.2 Å². The summed E-state index contributed by atoms with van der Waals surface area (Å²) in [5.74, 6) is -2.10. The zero-order chi connectivity index (χ0) is 30.1. The lowest BCUT2D eigenvalue weighted by molar-refractivity contribution is -0.144. The van der Waals surface area contributed by atoms with Crippen LogP contribution < -0.4 is 16.4 Å². The highest BCUT2D eigenvalue weighted by molar-refractivity contribution is 5.92. The van der Waals surface area contributed by atoms with Crippen molar-refractivity contribution in [1.29, 1.82) is 0 Å². The van der Waals surface area contributed by atoms with Crippen molar-refractivity contribution in [2.45, 2.75) is 97.2 Å². The molecule has 1 aromatic rings. The molecular formula is C29H46N4O7. The van der Waals surface area contributed by atoms with E-state index >= 15 is 0 Å². The van der Waals surface area contributed by atoms with Crippen LogP contribution in [0.25, 0.3) is 0 Å². The molecule has 2 unspecified atom stereocenters. The Morgan fingerprint density at radius 2 is 1.65 bits per heavy atom. The van der Waals surface area contributed by atoms with Gasteiger partial charge in [0, 0.05) is 19.5 Å². The standard InChI is InChI=1S/C29H46N4O7/c1-6-8-9-13-20-33(27(37)22(16-17-23(30)34)32-28(38)40-29(3,4)5)25(21-14-11-10-12-15-21)26(36)31-19-18-24(35)39-7-2/h10-12,14-15,22,25H,6-9,13,16-20H2,1-5H3,(H2,30,34)(H,31,36)(H,32,38). The van der Waals surface area contributed by atoms with Gasteiger partial charge in [0.25, 0.3) is 0 Å². The molecule has 40 heavy (non-hydrogen) atoms. The summed E-state index contributed by atoms with van der Waals surface area (Å²) in [6.45, 7) is 9.33. The highest BCUT2D eigenvalue weighted by atomic mass is 16.6. The number of rotatable bonds is 17. The maximum atomic E-state index is 14.1. The average molecular weight is 563 g/mol. The van der Waals surface area contributed by atoms with Crippen LogP contribution in [-0.2, 0) is 28.7 Å². The molecule has 0 saturated heterocycles. The molecule has 0 spiro atoms. The number of hydrogen-bond acceptors (Lipinski definition) is 7. The third-order valence-electron chi connectivity index (χ3n) is 5.81. The zero-order valence-electron chi connectivity index (χ0n) is 24.5. The molecule has 11 nitrogen and oxygen atoms in total. The summed E-state index contributed by atoms with van der Waals surface area (Å²) in [6.07, 6.45) is 2.31. The Balaban J connectivity index is 3.38. The molecule has 4 amide bonds. The summed E-state index contributed by atoms with van der Waals surface area (Å²) in [7, 11) is 0. The molecule has 0 fully saturated rings. The quantitative estimate of drug-likeness (QED) is 0.194. The number of amides is 4. The number of nitrogens with two attached hydrogens (primary N) is 1. The monoisotopic (exact) mass is 562 g/mol. The van der Waals surface area contributed by atoms with Crippen molar-refractivity contribution in [1.82, 2.24) is 15.5 Å². The van der Waals surface area contributed by atoms with Gasteiger partial charge in [0.15, 0.2) is 0 Å². The van der Waals surface area contributed by atoms with E-state index in [9.17, 15) is 24.0 Å². The fraction of sp³-hybridized carbons (Fsp3) is 0.621. The predicted octanol–water partition coefficient (Wildman–Crippen LogP) is 3.36. The number of alkyl carbamates (subject to hydrolysis) is 1. The first-order chi connectivity index (χ1) is 18.9. The normalized spacial score (nSPS) is 12.5. The topological polar surface area (TPSA) is 157 Å². The first kappa shape index (κ1) is 34.4. The minimum Gasteiger partial charge on any atom is -0.466 e. The lowest BCUT2D eigenvalue weighted by atomic mass is 10.0. The molecule has 1 rings (SSSR count).